The predicted molar refractivity (Wildman–Crippen MR) is 68.0 cm³/mol. The predicted octanol–water partition coefficient (Wildman–Crippen LogP) is 2.76. The molecule has 0 aliphatic heterocycles. The Morgan fingerprint density at radius 2 is 1.86 bits per heavy atom. The molecule has 1 aromatic carbocycles. The Balaban J connectivity index is 2.23. The highest BCUT2D eigenvalue weighted by molar-refractivity contribution is 6.03. The molecule has 1 N–H and O–H groups in total. The van der Waals surface area contributed by atoms with Gasteiger partial charge >= 0.3 is 6.18 Å². The Labute approximate surface area is 117 Å². The fourth-order valence-electron chi connectivity index (χ4n) is 1.58. The van der Waals surface area contributed by atoms with Gasteiger partial charge in [-0.15, -0.1) is 10.2 Å². The van der Waals surface area contributed by atoms with E-state index >= 15 is 0 Å². The van der Waals surface area contributed by atoms with Gasteiger partial charge in [-0.1, -0.05) is 12.1 Å². The lowest BCUT2D eigenvalue weighted by atomic mass is 10.1. The van der Waals surface area contributed by atoms with Crippen molar-refractivity contribution in [2.75, 3.05) is 12.4 Å². The molecule has 0 saturated heterocycles. The molecule has 1 aromatic heterocycles. The molecule has 1 heterocycles. The van der Waals surface area contributed by atoms with Crippen molar-refractivity contribution in [3.8, 4) is 5.88 Å². The number of aromatic nitrogens is 2. The number of alkyl halides is 3. The van der Waals surface area contributed by atoms with E-state index in [0.717, 1.165) is 12.1 Å². The molecule has 5 nitrogen and oxygen atoms in total. The topological polar surface area (TPSA) is 64.1 Å². The number of anilines is 1. The number of carbonyl (C=O) groups is 1. The first-order chi connectivity index (χ1) is 9.91. The van der Waals surface area contributed by atoms with Gasteiger partial charge in [-0.3, -0.25) is 4.79 Å². The molecule has 0 atom stereocenters. The summed E-state index contributed by atoms with van der Waals surface area (Å²) >= 11 is 0. The Bertz CT molecular complexity index is 642. The molecule has 8 heteroatoms. The second-order valence-corrected chi connectivity index (χ2v) is 3.96. The minimum absolute atomic E-state index is 0.118. The Morgan fingerprint density at radius 1 is 1.14 bits per heavy atom. The van der Waals surface area contributed by atoms with Gasteiger partial charge in [-0.2, -0.15) is 13.2 Å². The highest BCUT2D eigenvalue weighted by atomic mass is 19.4. The van der Waals surface area contributed by atoms with E-state index in [0.29, 0.717) is 0 Å². The monoisotopic (exact) mass is 297 g/mol. The van der Waals surface area contributed by atoms with Crippen LogP contribution in [0.15, 0.2) is 36.4 Å². The van der Waals surface area contributed by atoms with E-state index in [1.54, 1.807) is 0 Å². The number of hydrogen-bond donors (Lipinski definition) is 1. The summed E-state index contributed by atoms with van der Waals surface area (Å²) in [5.41, 5.74) is -1.39. The lowest BCUT2D eigenvalue weighted by Gasteiger charge is -2.13. The molecule has 0 unspecified atom stereocenters. The van der Waals surface area contributed by atoms with E-state index < -0.39 is 17.6 Å². The highest BCUT2D eigenvalue weighted by Gasteiger charge is 2.33. The first-order valence-corrected chi connectivity index (χ1v) is 5.77. The second kappa shape index (κ2) is 5.78. The number of benzene rings is 1. The molecule has 2 rings (SSSR count). The maximum atomic E-state index is 12.8. The molecule has 2 aromatic rings. The normalized spacial score (nSPS) is 11.0. The molecule has 0 aliphatic carbocycles. The zero-order valence-electron chi connectivity index (χ0n) is 10.8. The van der Waals surface area contributed by atoms with Crippen molar-refractivity contribution in [1.82, 2.24) is 10.2 Å². The number of halogens is 3. The summed E-state index contributed by atoms with van der Waals surface area (Å²) in [7, 11) is 1.38. The van der Waals surface area contributed by atoms with Crippen molar-refractivity contribution in [1.29, 1.82) is 0 Å². The summed E-state index contributed by atoms with van der Waals surface area (Å²) in [6.45, 7) is 0. The second-order valence-electron chi connectivity index (χ2n) is 3.96. The van der Waals surface area contributed by atoms with E-state index in [-0.39, 0.29) is 17.3 Å². The average Bonchev–Trinajstić information content (AvgIpc) is 2.47. The van der Waals surface area contributed by atoms with Gasteiger partial charge in [0.15, 0.2) is 5.69 Å². The number of carbonyl (C=O) groups excluding carboxylic acids is 1. The van der Waals surface area contributed by atoms with Crippen LogP contribution >= 0.6 is 0 Å². The molecule has 21 heavy (non-hydrogen) atoms. The van der Waals surface area contributed by atoms with Crippen LogP contribution in [0.2, 0.25) is 0 Å². The summed E-state index contributed by atoms with van der Waals surface area (Å²) < 4.78 is 43.2. The smallest absolute Gasteiger partial charge is 0.418 e. The van der Waals surface area contributed by atoms with Crippen LogP contribution in [0, 0.1) is 0 Å². The third-order valence-corrected chi connectivity index (χ3v) is 2.56. The van der Waals surface area contributed by atoms with Gasteiger partial charge in [0.2, 0.25) is 5.88 Å². The van der Waals surface area contributed by atoms with Crippen molar-refractivity contribution in [3.05, 3.63) is 47.7 Å². The van der Waals surface area contributed by atoms with Crippen molar-refractivity contribution < 1.29 is 22.7 Å². The van der Waals surface area contributed by atoms with Crippen molar-refractivity contribution in [2.24, 2.45) is 0 Å². The summed E-state index contributed by atoms with van der Waals surface area (Å²) in [5, 5.41) is 9.31. The van der Waals surface area contributed by atoms with Crippen LogP contribution in [0.5, 0.6) is 5.88 Å². The van der Waals surface area contributed by atoms with E-state index in [9.17, 15) is 18.0 Å². The van der Waals surface area contributed by atoms with Crippen LogP contribution in [-0.2, 0) is 6.18 Å². The van der Waals surface area contributed by atoms with E-state index in [1.807, 2.05) is 0 Å². The number of ether oxygens (including phenoxy) is 1. The number of nitrogens with zero attached hydrogens (tertiary/aromatic N) is 2. The van der Waals surface area contributed by atoms with Crippen LogP contribution < -0.4 is 10.1 Å². The first-order valence-electron chi connectivity index (χ1n) is 5.77. The number of hydrogen-bond acceptors (Lipinski definition) is 4. The molecular formula is C13H10F3N3O2. The minimum atomic E-state index is -4.56. The highest BCUT2D eigenvalue weighted by Crippen LogP contribution is 2.34. The van der Waals surface area contributed by atoms with Crippen molar-refractivity contribution in [3.63, 3.8) is 0 Å². The molecule has 0 bridgehead atoms. The van der Waals surface area contributed by atoms with E-state index in [4.69, 9.17) is 4.74 Å². The summed E-state index contributed by atoms with van der Waals surface area (Å²) in [4.78, 5) is 11.9. The lowest BCUT2D eigenvalue weighted by Crippen LogP contribution is -2.18. The first kappa shape index (κ1) is 14.8. The maximum Gasteiger partial charge on any atom is 0.418 e. The molecule has 0 spiro atoms. The van der Waals surface area contributed by atoms with Crippen LogP contribution in [0.25, 0.3) is 0 Å². The molecular weight excluding hydrogens is 287 g/mol. The number of amides is 1. The standard InChI is InChI=1S/C13H10F3N3O2/c1-21-11-7-6-10(18-19-11)12(20)17-9-5-3-2-4-8(9)13(14,15)16/h2-7H,1H3,(H,17,20). The van der Waals surface area contributed by atoms with E-state index in [2.05, 4.69) is 15.5 Å². The quantitative estimate of drug-likeness (QED) is 0.946. The fraction of sp³-hybridized carbons (Fsp3) is 0.154. The van der Waals surface area contributed by atoms with Gasteiger partial charge in [0.05, 0.1) is 18.4 Å². The van der Waals surface area contributed by atoms with Gasteiger partial charge in [-0.05, 0) is 18.2 Å². The third-order valence-electron chi connectivity index (χ3n) is 2.56. The third kappa shape index (κ3) is 3.47. The molecule has 110 valence electrons. The zero-order chi connectivity index (χ0) is 15.5. The van der Waals surface area contributed by atoms with E-state index in [1.165, 1.54) is 31.4 Å². The van der Waals surface area contributed by atoms with Crippen LogP contribution in [0.1, 0.15) is 16.1 Å². The minimum Gasteiger partial charge on any atom is -0.480 e. The van der Waals surface area contributed by atoms with Crippen LogP contribution in [-0.4, -0.2) is 23.2 Å². The largest absolute Gasteiger partial charge is 0.480 e. The number of nitrogens with one attached hydrogen (secondary N) is 1. The van der Waals surface area contributed by atoms with Gasteiger partial charge in [-0.25, -0.2) is 0 Å². The summed E-state index contributed by atoms with van der Waals surface area (Å²) in [6.07, 6.45) is -4.56. The maximum absolute atomic E-state index is 12.8. The van der Waals surface area contributed by atoms with Gasteiger partial charge in [0, 0.05) is 6.07 Å². The molecule has 1 amide bonds. The molecule has 0 radical (unpaired) electrons. The van der Waals surface area contributed by atoms with Crippen molar-refractivity contribution >= 4 is 11.6 Å². The summed E-state index contributed by atoms with van der Waals surface area (Å²) in [6, 6.07) is 7.37. The molecule has 0 saturated carbocycles. The fourth-order valence-corrected chi connectivity index (χ4v) is 1.58. The number of para-hydroxylation sites is 1. The van der Waals surface area contributed by atoms with Crippen LogP contribution in [0.3, 0.4) is 0 Å². The average molecular weight is 297 g/mol. The Hall–Kier alpha value is -2.64. The Morgan fingerprint density at radius 3 is 2.43 bits per heavy atom. The molecule has 0 aliphatic rings. The lowest BCUT2D eigenvalue weighted by molar-refractivity contribution is -0.136. The number of rotatable bonds is 3. The zero-order valence-corrected chi connectivity index (χ0v) is 10.8. The van der Waals surface area contributed by atoms with Crippen LogP contribution in [0.4, 0.5) is 18.9 Å². The Kier molecular flexibility index (Phi) is 4.06. The molecule has 0 fully saturated rings. The SMILES string of the molecule is COc1ccc(C(=O)Nc2ccccc2C(F)(F)F)nn1. The van der Waals surface area contributed by atoms with Gasteiger partial charge in [0.25, 0.3) is 5.91 Å². The number of methoxy groups -OCH3 is 1. The van der Waals surface area contributed by atoms with Gasteiger partial charge < -0.3 is 10.1 Å². The van der Waals surface area contributed by atoms with Gasteiger partial charge in [0.1, 0.15) is 0 Å². The van der Waals surface area contributed by atoms with Crippen molar-refractivity contribution in [2.45, 2.75) is 6.18 Å². The summed E-state index contributed by atoms with van der Waals surface area (Å²) in [5.74, 6) is -0.593.